The van der Waals surface area contributed by atoms with Crippen molar-refractivity contribution in [3.05, 3.63) is 11.8 Å². The molecule has 1 amide bonds. The van der Waals surface area contributed by atoms with Gasteiger partial charge in [0.2, 0.25) is 5.91 Å². The predicted octanol–water partition coefficient (Wildman–Crippen LogP) is 0.0632. The third kappa shape index (κ3) is 3.55. The van der Waals surface area contributed by atoms with Crippen LogP contribution in [0.3, 0.4) is 0 Å². The zero-order chi connectivity index (χ0) is 13.8. The van der Waals surface area contributed by atoms with Crippen LogP contribution >= 0.6 is 11.8 Å². The van der Waals surface area contributed by atoms with Gasteiger partial charge in [-0.05, 0) is 12.1 Å². The lowest BCUT2D eigenvalue weighted by Crippen LogP contribution is -2.15. The fraction of sp³-hybridized carbons (Fsp3) is 0.222. The molecule has 0 aliphatic carbocycles. The predicted molar refractivity (Wildman–Crippen MR) is 69.2 cm³/mol. The normalized spacial score (nSPS) is 10.4. The van der Waals surface area contributed by atoms with E-state index in [1.807, 2.05) is 0 Å². The van der Waals surface area contributed by atoms with Crippen LogP contribution in [0.25, 0.3) is 0 Å². The van der Waals surface area contributed by atoms with Crippen molar-refractivity contribution in [1.29, 1.82) is 0 Å². The summed E-state index contributed by atoms with van der Waals surface area (Å²) in [5.74, 6) is 0.612. The number of aromatic nitrogens is 4. The molecular formula is C9H11N7O2S. The van der Waals surface area contributed by atoms with Gasteiger partial charge in [-0.25, -0.2) is 14.6 Å². The molecule has 2 heterocycles. The smallest absolute Gasteiger partial charge is 0.236 e. The molecule has 19 heavy (non-hydrogen) atoms. The Morgan fingerprint density at radius 2 is 2.05 bits per heavy atom. The average Bonchev–Trinajstić information content (AvgIpc) is 2.71. The molecule has 0 unspecified atom stereocenters. The molecule has 100 valence electrons. The highest BCUT2D eigenvalue weighted by Gasteiger charge is 2.11. The summed E-state index contributed by atoms with van der Waals surface area (Å²) in [7, 11) is 0. The number of nitrogens with zero attached hydrogens (tertiary/aromatic N) is 4. The van der Waals surface area contributed by atoms with Crippen molar-refractivity contribution < 1.29 is 9.42 Å². The molecule has 5 N–H and O–H groups in total. The first-order chi connectivity index (χ1) is 9.04. The van der Waals surface area contributed by atoms with Gasteiger partial charge >= 0.3 is 0 Å². The number of nitrogen functional groups attached to an aromatic ring is 2. The lowest BCUT2D eigenvalue weighted by molar-refractivity contribution is -0.113. The van der Waals surface area contributed by atoms with Crippen molar-refractivity contribution in [2.75, 3.05) is 22.5 Å². The second-order valence-corrected chi connectivity index (χ2v) is 4.48. The highest BCUT2D eigenvalue weighted by atomic mass is 32.2. The summed E-state index contributed by atoms with van der Waals surface area (Å²) in [6.45, 7) is 1.67. The maximum Gasteiger partial charge on any atom is 0.236 e. The summed E-state index contributed by atoms with van der Waals surface area (Å²) in [6, 6.07) is 1.44. The maximum absolute atomic E-state index is 11.6. The molecule has 10 heteroatoms. The fourth-order valence-corrected chi connectivity index (χ4v) is 1.84. The minimum Gasteiger partial charge on any atom is -0.383 e. The standard InChI is InChI=1S/C9H11N7O2S/c1-4-8(16-18-15-4)14-7(17)3-19-9-12-5(10)2-6(11)13-9/h2H,3H2,1H3,(H,14,16,17)(H4,10,11,12,13). The Bertz CT molecular complexity index is 580. The molecule has 0 atom stereocenters. The number of nitrogens with one attached hydrogen (secondary N) is 1. The second kappa shape index (κ2) is 5.52. The van der Waals surface area contributed by atoms with Crippen molar-refractivity contribution in [2.24, 2.45) is 0 Å². The molecule has 0 aliphatic heterocycles. The van der Waals surface area contributed by atoms with E-state index < -0.39 is 0 Å². The van der Waals surface area contributed by atoms with Crippen molar-refractivity contribution in [3.8, 4) is 0 Å². The van der Waals surface area contributed by atoms with Gasteiger partial charge in [0.1, 0.15) is 17.3 Å². The van der Waals surface area contributed by atoms with E-state index in [4.69, 9.17) is 11.5 Å². The number of amides is 1. The van der Waals surface area contributed by atoms with Gasteiger partial charge in [0, 0.05) is 6.07 Å². The Hall–Kier alpha value is -2.36. The number of nitrogens with two attached hydrogens (primary N) is 2. The van der Waals surface area contributed by atoms with E-state index in [0.717, 1.165) is 11.8 Å². The molecule has 9 nitrogen and oxygen atoms in total. The van der Waals surface area contributed by atoms with E-state index in [1.54, 1.807) is 6.92 Å². The minimum absolute atomic E-state index is 0.0925. The van der Waals surface area contributed by atoms with Crippen LogP contribution in [0.4, 0.5) is 17.5 Å². The lowest BCUT2D eigenvalue weighted by Gasteiger charge is -2.03. The van der Waals surface area contributed by atoms with Gasteiger partial charge in [0.15, 0.2) is 11.0 Å². The number of carbonyl (C=O) groups is 1. The van der Waals surface area contributed by atoms with E-state index in [2.05, 4.69) is 30.2 Å². The SMILES string of the molecule is Cc1nonc1NC(=O)CSc1nc(N)cc(N)n1. The van der Waals surface area contributed by atoms with Crippen molar-refractivity contribution in [2.45, 2.75) is 12.1 Å². The zero-order valence-electron chi connectivity index (χ0n) is 9.95. The number of rotatable bonds is 4. The number of anilines is 3. The van der Waals surface area contributed by atoms with Crippen LogP contribution in [-0.4, -0.2) is 31.9 Å². The Kier molecular flexibility index (Phi) is 3.80. The van der Waals surface area contributed by atoms with Crippen LogP contribution in [0, 0.1) is 6.92 Å². The molecule has 0 radical (unpaired) electrons. The molecule has 2 aromatic rings. The highest BCUT2D eigenvalue weighted by molar-refractivity contribution is 7.99. The molecule has 2 aromatic heterocycles. The van der Waals surface area contributed by atoms with Crippen LogP contribution in [0.5, 0.6) is 0 Å². The first kappa shape index (κ1) is 13.1. The third-order valence-corrected chi connectivity index (χ3v) is 2.84. The number of hydrogen-bond acceptors (Lipinski definition) is 9. The minimum atomic E-state index is -0.284. The van der Waals surface area contributed by atoms with E-state index >= 15 is 0 Å². The maximum atomic E-state index is 11.6. The first-order valence-electron chi connectivity index (χ1n) is 5.16. The van der Waals surface area contributed by atoms with E-state index in [9.17, 15) is 4.79 Å². The van der Waals surface area contributed by atoms with Crippen LogP contribution in [0.2, 0.25) is 0 Å². The van der Waals surface area contributed by atoms with E-state index in [1.165, 1.54) is 6.07 Å². The summed E-state index contributed by atoms with van der Waals surface area (Å²) < 4.78 is 4.46. The number of thioether (sulfide) groups is 1. The molecule has 0 aromatic carbocycles. The molecule has 2 rings (SSSR count). The molecule has 0 bridgehead atoms. The van der Waals surface area contributed by atoms with Crippen molar-refractivity contribution in [1.82, 2.24) is 20.3 Å². The Balaban J connectivity index is 1.91. The number of hydrogen-bond donors (Lipinski definition) is 3. The molecule has 0 spiro atoms. The zero-order valence-corrected chi connectivity index (χ0v) is 10.8. The molecule has 0 saturated heterocycles. The Morgan fingerprint density at radius 1 is 1.37 bits per heavy atom. The van der Waals surface area contributed by atoms with Gasteiger partial charge in [-0.1, -0.05) is 16.9 Å². The highest BCUT2D eigenvalue weighted by Crippen LogP contribution is 2.16. The Labute approximate surface area is 112 Å². The van der Waals surface area contributed by atoms with Crippen LogP contribution in [0.1, 0.15) is 5.69 Å². The van der Waals surface area contributed by atoms with Crippen LogP contribution in [0.15, 0.2) is 15.9 Å². The van der Waals surface area contributed by atoms with E-state index in [-0.39, 0.29) is 23.3 Å². The molecule has 0 fully saturated rings. The summed E-state index contributed by atoms with van der Waals surface area (Å²) >= 11 is 1.11. The molecule has 0 aliphatic rings. The van der Waals surface area contributed by atoms with Crippen molar-refractivity contribution in [3.63, 3.8) is 0 Å². The first-order valence-corrected chi connectivity index (χ1v) is 6.15. The monoisotopic (exact) mass is 281 g/mol. The van der Waals surface area contributed by atoms with Gasteiger partial charge in [-0.15, -0.1) is 0 Å². The van der Waals surface area contributed by atoms with Crippen molar-refractivity contribution >= 4 is 35.1 Å². The molecule has 0 saturated carbocycles. The summed E-state index contributed by atoms with van der Waals surface area (Å²) in [5.41, 5.74) is 11.5. The lowest BCUT2D eigenvalue weighted by atomic mass is 10.5. The number of carbonyl (C=O) groups excluding carboxylic acids is 1. The van der Waals surface area contributed by atoms with E-state index in [0.29, 0.717) is 16.7 Å². The Morgan fingerprint density at radius 3 is 2.63 bits per heavy atom. The largest absolute Gasteiger partial charge is 0.383 e. The third-order valence-electron chi connectivity index (χ3n) is 1.99. The van der Waals surface area contributed by atoms with Gasteiger partial charge < -0.3 is 16.8 Å². The summed E-state index contributed by atoms with van der Waals surface area (Å²) in [5, 5.41) is 9.97. The van der Waals surface area contributed by atoms with Gasteiger partial charge in [0.05, 0.1) is 5.75 Å². The summed E-state index contributed by atoms with van der Waals surface area (Å²) in [6.07, 6.45) is 0. The topological polar surface area (TPSA) is 146 Å². The van der Waals surface area contributed by atoms with Crippen LogP contribution in [-0.2, 0) is 4.79 Å². The summed E-state index contributed by atoms with van der Waals surface area (Å²) in [4.78, 5) is 19.5. The van der Waals surface area contributed by atoms with Gasteiger partial charge in [-0.2, -0.15) is 0 Å². The quantitative estimate of drug-likeness (QED) is 0.523. The number of aryl methyl sites for hydroxylation is 1. The van der Waals surface area contributed by atoms with Gasteiger partial charge in [-0.3, -0.25) is 4.79 Å². The average molecular weight is 281 g/mol. The van der Waals surface area contributed by atoms with Crippen LogP contribution < -0.4 is 16.8 Å². The fourth-order valence-electron chi connectivity index (χ4n) is 1.17. The second-order valence-electron chi connectivity index (χ2n) is 3.54. The molecular weight excluding hydrogens is 270 g/mol. The van der Waals surface area contributed by atoms with Gasteiger partial charge in [0.25, 0.3) is 0 Å².